The molecular weight excluding hydrogens is 308 g/mol. The third-order valence-corrected chi connectivity index (χ3v) is 4.43. The average Bonchev–Trinajstić information content (AvgIpc) is 2.52. The number of hydrogen-bond donors (Lipinski definition) is 2. The molecule has 0 radical (unpaired) electrons. The molecular formula is C17H26N4O3. The molecule has 1 aliphatic rings. The summed E-state index contributed by atoms with van der Waals surface area (Å²) < 4.78 is 0. The number of carbonyl (C=O) groups is 2. The van der Waals surface area contributed by atoms with E-state index in [2.05, 4.69) is 15.3 Å². The minimum atomic E-state index is -0.180. The molecule has 1 aromatic heterocycles. The number of aromatic nitrogens is 2. The number of amides is 2. The number of rotatable bonds is 6. The topological polar surface area (TPSA) is 95.2 Å². The van der Waals surface area contributed by atoms with Crippen LogP contribution in [0.2, 0.25) is 0 Å². The average molecular weight is 334 g/mol. The minimum absolute atomic E-state index is 0.00655. The van der Waals surface area contributed by atoms with Crippen molar-refractivity contribution < 1.29 is 9.59 Å². The molecule has 1 unspecified atom stereocenters. The molecule has 7 nitrogen and oxygen atoms in total. The van der Waals surface area contributed by atoms with Crippen LogP contribution >= 0.6 is 0 Å². The summed E-state index contributed by atoms with van der Waals surface area (Å²) in [7, 11) is 0. The van der Waals surface area contributed by atoms with Gasteiger partial charge < -0.3 is 15.2 Å². The summed E-state index contributed by atoms with van der Waals surface area (Å²) in [6.07, 6.45) is 3.16. The molecule has 0 saturated carbocycles. The number of aryl methyl sites for hydroxylation is 2. The van der Waals surface area contributed by atoms with Gasteiger partial charge in [0.15, 0.2) is 0 Å². The molecule has 2 amide bonds. The Bertz CT molecular complexity index is 668. The van der Waals surface area contributed by atoms with E-state index in [9.17, 15) is 14.4 Å². The van der Waals surface area contributed by atoms with Crippen molar-refractivity contribution in [3.05, 3.63) is 27.4 Å². The summed E-state index contributed by atoms with van der Waals surface area (Å²) in [5.41, 5.74) is 1.03. The molecule has 2 heterocycles. The van der Waals surface area contributed by atoms with Crippen LogP contribution < -0.4 is 10.9 Å². The first-order valence-corrected chi connectivity index (χ1v) is 8.51. The molecule has 1 atom stereocenters. The van der Waals surface area contributed by atoms with Gasteiger partial charge in [0.1, 0.15) is 5.82 Å². The monoisotopic (exact) mass is 334 g/mol. The van der Waals surface area contributed by atoms with E-state index in [1.165, 1.54) is 0 Å². The number of hydrogen-bond acceptors (Lipinski definition) is 4. The van der Waals surface area contributed by atoms with Crippen LogP contribution in [0.3, 0.4) is 0 Å². The molecule has 0 spiro atoms. The molecule has 1 aromatic rings. The molecule has 0 aromatic carbocycles. The number of likely N-dealkylation sites (tertiary alicyclic amines) is 1. The lowest BCUT2D eigenvalue weighted by Gasteiger charge is -2.32. The molecule has 1 fully saturated rings. The van der Waals surface area contributed by atoms with Crippen LogP contribution in [0.25, 0.3) is 0 Å². The molecule has 0 aliphatic carbocycles. The van der Waals surface area contributed by atoms with E-state index >= 15 is 0 Å². The van der Waals surface area contributed by atoms with Crippen LogP contribution in [0.1, 0.15) is 49.7 Å². The predicted molar refractivity (Wildman–Crippen MR) is 90.7 cm³/mol. The van der Waals surface area contributed by atoms with Crippen LogP contribution in [-0.4, -0.2) is 45.8 Å². The zero-order valence-electron chi connectivity index (χ0n) is 14.6. The van der Waals surface area contributed by atoms with Crippen LogP contribution in [0.4, 0.5) is 0 Å². The minimum Gasteiger partial charge on any atom is -0.354 e. The largest absolute Gasteiger partial charge is 0.354 e. The number of nitrogens with one attached hydrogen (secondary N) is 2. The number of nitrogens with zero attached hydrogens (tertiary/aromatic N) is 2. The van der Waals surface area contributed by atoms with Crippen LogP contribution in [-0.2, 0) is 16.0 Å². The summed E-state index contributed by atoms with van der Waals surface area (Å²) in [6.45, 7) is 6.65. The van der Waals surface area contributed by atoms with E-state index < -0.39 is 0 Å². The van der Waals surface area contributed by atoms with Gasteiger partial charge in [0, 0.05) is 43.2 Å². The zero-order valence-corrected chi connectivity index (χ0v) is 14.6. The molecule has 132 valence electrons. The Morgan fingerprint density at radius 3 is 2.75 bits per heavy atom. The SMILES string of the molecule is Cc1nc(C)c(CCC(=O)NCC(C)N2CCCCC2=O)c(=O)[nH]1. The molecule has 0 bridgehead atoms. The fourth-order valence-electron chi connectivity index (χ4n) is 3.04. The molecule has 1 saturated heterocycles. The summed E-state index contributed by atoms with van der Waals surface area (Å²) >= 11 is 0. The quantitative estimate of drug-likeness (QED) is 0.806. The summed E-state index contributed by atoms with van der Waals surface area (Å²) in [4.78, 5) is 44.5. The Kier molecular flexibility index (Phi) is 6.11. The first kappa shape index (κ1) is 18.2. The predicted octanol–water partition coefficient (Wildman–Crippen LogP) is 0.837. The number of piperidine rings is 1. The van der Waals surface area contributed by atoms with Crippen LogP contribution in [0, 0.1) is 13.8 Å². The fourth-order valence-corrected chi connectivity index (χ4v) is 3.04. The number of H-pyrrole nitrogens is 1. The summed E-state index contributed by atoms with van der Waals surface area (Å²) in [6, 6.07) is -0.00655. The van der Waals surface area contributed by atoms with Crippen LogP contribution in [0.15, 0.2) is 4.79 Å². The molecule has 7 heteroatoms. The van der Waals surface area contributed by atoms with E-state index in [-0.39, 0.29) is 29.8 Å². The Morgan fingerprint density at radius 2 is 2.08 bits per heavy atom. The highest BCUT2D eigenvalue weighted by Gasteiger charge is 2.23. The van der Waals surface area contributed by atoms with Gasteiger partial charge in [-0.15, -0.1) is 0 Å². The van der Waals surface area contributed by atoms with Crippen molar-refractivity contribution in [2.24, 2.45) is 0 Å². The highest BCUT2D eigenvalue weighted by Crippen LogP contribution is 2.13. The Hall–Kier alpha value is -2.18. The standard InChI is InChI=1S/C17H26N4O3/c1-11(21-9-5-4-6-16(21)23)10-18-15(22)8-7-14-12(2)19-13(3)20-17(14)24/h11H,4-10H2,1-3H3,(H,18,22)(H,19,20,24). The van der Waals surface area contributed by atoms with Gasteiger partial charge in [-0.3, -0.25) is 14.4 Å². The van der Waals surface area contributed by atoms with Gasteiger partial charge in [0.2, 0.25) is 11.8 Å². The lowest BCUT2D eigenvalue weighted by Crippen LogP contribution is -2.47. The van der Waals surface area contributed by atoms with Crippen molar-refractivity contribution in [3.63, 3.8) is 0 Å². The molecule has 2 rings (SSSR count). The van der Waals surface area contributed by atoms with Gasteiger partial charge in [-0.1, -0.05) is 0 Å². The first-order valence-electron chi connectivity index (χ1n) is 8.51. The van der Waals surface area contributed by atoms with Crippen molar-refractivity contribution in [1.82, 2.24) is 20.2 Å². The van der Waals surface area contributed by atoms with Crippen LogP contribution in [0.5, 0.6) is 0 Å². The second kappa shape index (κ2) is 8.08. The lowest BCUT2D eigenvalue weighted by molar-refractivity contribution is -0.135. The highest BCUT2D eigenvalue weighted by atomic mass is 16.2. The van der Waals surface area contributed by atoms with E-state index in [4.69, 9.17) is 0 Å². The highest BCUT2D eigenvalue weighted by molar-refractivity contribution is 5.78. The van der Waals surface area contributed by atoms with Crippen molar-refractivity contribution in [1.29, 1.82) is 0 Å². The van der Waals surface area contributed by atoms with Crippen molar-refractivity contribution in [3.8, 4) is 0 Å². The maximum atomic E-state index is 12.0. The number of aromatic amines is 1. The van der Waals surface area contributed by atoms with Gasteiger partial charge in [-0.2, -0.15) is 0 Å². The summed E-state index contributed by atoms with van der Waals surface area (Å²) in [5.74, 6) is 0.618. The third-order valence-electron chi connectivity index (χ3n) is 4.43. The van der Waals surface area contributed by atoms with Gasteiger partial charge in [-0.25, -0.2) is 4.98 Å². The molecule has 2 N–H and O–H groups in total. The summed E-state index contributed by atoms with van der Waals surface area (Å²) in [5, 5.41) is 2.86. The second-order valence-electron chi connectivity index (χ2n) is 6.41. The Labute approximate surface area is 141 Å². The lowest BCUT2D eigenvalue weighted by atomic mass is 10.1. The van der Waals surface area contributed by atoms with Gasteiger partial charge in [0.25, 0.3) is 5.56 Å². The van der Waals surface area contributed by atoms with Crippen molar-refractivity contribution in [2.45, 2.75) is 58.9 Å². The van der Waals surface area contributed by atoms with Gasteiger partial charge in [0.05, 0.1) is 0 Å². The van der Waals surface area contributed by atoms with Gasteiger partial charge >= 0.3 is 0 Å². The Morgan fingerprint density at radius 1 is 1.33 bits per heavy atom. The third kappa shape index (κ3) is 4.66. The first-order chi connectivity index (χ1) is 11.4. The fraction of sp³-hybridized carbons (Fsp3) is 0.647. The normalized spacial score (nSPS) is 16.1. The number of carbonyl (C=O) groups excluding carboxylic acids is 2. The Balaban J connectivity index is 1.81. The zero-order chi connectivity index (χ0) is 17.7. The maximum absolute atomic E-state index is 12.0. The maximum Gasteiger partial charge on any atom is 0.254 e. The van der Waals surface area contributed by atoms with Crippen molar-refractivity contribution in [2.75, 3.05) is 13.1 Å². The smallest absolute Gasteiger partial charge is 0.254 e. The molecule has 1 aliphatic heterocycles. The molecule has 24 heavy (non-hydrogen) atoms. The van der Waals surface area contributed by atoms with E-state index in [1.54, 1.807) is 13.8 Å². The van der Waals surface area contributed by atoms with Crippen molar-refractivity contribution >= 4 is 11.8 Å². The van der Waals surface area contributed by atoms with E-state index in [1.807, 2.05) is 11.8 Å². The second-order valence-corrected chi connectivity index (χ2v) is 6.41. The van der Waals surface area contributed by atoms with E-state index in [0.29, 0.717) is 36.5 Å². The van der Waals surface area contributed by atoms with Gasteiger partial charge in [-0.05, 0) is 40.0 Å². The van der Waals surface area contributed by atoms with E-state index in [0.717, 1.165) is 19.4 Å².